The third kappa shape index (κ3) is 4.23. The van der Waals surface area contributed by atoms with Crippen molar-refractivity contribution in [1.29, 1.82) is 0 Å². The van der Waals surface area contributed by atoms with E-state index in [9.17, 15) is 14.0 Å². The zero-order valence-corrected chi connectivity index (χ0v) is 14.2. The minimum atomic E-state index is -0.368. The summed E-state index contributed by atoms with van der Waals surface area (Å²) in [6, 6.07) is 5.84. The highest BCUT2D eigenvalue weighted by molar-refractivity contribution is 5.85. The Kier molecular flexibility index (Phi) is 5.57. The summed E-state index contributed by atoms with van der Waals surface area (Å²) in [5, 5.41) is 6.43. The van der Waals surface area contributed by atoms with Crippen LogP contribution in [-0.4, -0.2) is 53.0 Å². The van der Waals surface area contributed by atoms with Crippen LogP contribution >= 0.6 is 0 Å². The van der Waals surface area contributed by atoms with E-state index in [-0.39, 0.29) is 36.6 Å². The van der Waals surface area contributed by atoms with Crippen LogP contribution in [0.3, 0.4) is 0 Å². The van der Waals surface area contributed by atoms with Gasteiger partial charge in [0.25, 0.3) is 0 Å². The number of piperidine rings is 1. The average Bonchev–Trinajstić information content (AvgIpc) is 3.16. The summed E-state index contributed by atoms with van der Waals surface area (Å²) in [7, 11) is 0. The van der Waals surface area contributed by atoms with Crippen molar-refractivity contribution in [2.24, 2.45) is 5.73 Å². The quantitative estimate of drug-likeness (QED) is 0.808. The number of hydrogen-bond acceptors (Lipinski definition) is 6. The summed E-state index contributed by atoms with van der Waals surface area (Å²) in [4.78, 5) is 29.5. The summed E-state index contributed by atoms with van der Waals surface area (Å²) in [6.07, 6.45) is 1.62. The third-order valence-corrected chi connectivity index (χ3v) is 4.29. The van der Waals surface area contributed by atoms with Crippen molar-refractivity contribution < 1.29 is 18.5 Å². The summed E-state index contributed by atoms with van der Waals surface area (Å²) in [6.45, 7) is 0.840. The Labute approximate surface area is 149 Å². The first-order valence-corrected chi connectivity index (χ1v) is 8.41. The van der Waals surface area contributed by atoms with Gasteiger partial charge in [0.15, 0.2) is 0 Å². The lowest BCUT2D eigenvalue weighted by molar-refractivity contribution is -0.133. The van der Waals surface area contributed by atoms with Crippen LogP contribution in [0.2, 0.25) is 0 Å². The lowest BCUT2D eigenvalue weighted by atomic mass is 9.98. The van der Waals surface area contributed by atoms with Crippen molar-refractivity contribution in [3.63, 3.8) is 0 Å². The van der Waals surface area contributed by atoms with Gasteiger partial charge in [-0.15, -0.1) is 0 Å². The largest absolute Gasteiger partial charge is 0.346 e. The van der Waals surface area contributed by atoms with Crippen LogP contribution in [0.1, 0.15) is 24.7 Å². The molecule has 1 aliphatic heterocycles. The number of hydrogen-bond donors (Lipinski definition) is 2. The maximum Gasteiger partial charge on any atom is 0.241 e. The molecular weight excluding hydrogens is 341 g/mol. The highest BCUT2D eigenvalue weighted by atomic mass is 19.1. The Morgan fingerprint density at radius 2 is 2.12 bits per heavy atom. The molecule has 1 saturated heterocycles. The first kappa shape index (κ1) is 18.0. The van der Waals surface area contributed by atoms with E-state index in [2.05, 4.69) is 15.5 Å². The molecule has 1 aromatic heterocycles. The Morgan fingerprint density at radius 1 is 1.35 bits per heavy atom. The van der Waals surface area contributed by atoms with Crippen LogP contribution < -0.4 is 11.1 Å². The number of nitrogens with one attached hydrogen (secondary N) is 1. The molecule has 3 rings (SSSR count). The molecule has 9 heteroatoms. The van der Waals surface area contributed by atoms with Gasteiger partial charge < -0.3 is 20.5 Å². The van der Waals surface area contributed by atoms with Crippen LogP contribution in [0.4, 0.5) is 4.39 Å². The summed E-state index contributed by atoms with van der Waals surface area (Å²) in [5.41, 5.74) is 5.87. The number of rotatable bonds is 5. The molecule has 8 nitrogen and oxygen atoms in total. The average molecular weight is 361 g/mol. The zero-order chi connectivity index (χ0) is 18.5. The van der Waals surface area contributed by atoms with Crippen molar-refractivity contribution in [3.05, 3.63) is 36.0 Å². The second-order valence-electron chi connectivity index (χ2n) is 6.12. The van der Waals surface area contributed by atoms with E-state index in [1.807, 2.05) is 0 Å². The molecule has 138 valence electrons. The summed E-state index contributed by atoms with van der Waals surface area (Å²) >= 11 is 0. The number of nitrogens with zero attached hydrogens (tertiary/aromatic N) is 3. The van der Waals surface area contributed by atoms with Gasteiger partial charge in [-0.2, -0.15) is 4.98 Å². The van der Waals surface area contributed by atoms with Gasteiger partial charge in [0, 0.05) is 18.7 Å². The van der Waals surface area contributed by atoms with Crippen molar-refractivity contribution in [1.82, 2.24) is 20.4 Å². The molecule has 0 radical (unpaired) electrons. The van der Waals surface area contributed by atoms with Crippen molar-refractivity contribution in [2.45, 2.75) is 18.8 Å². The predicted octanol–water partition coefficient (Wildman–Crippen LogP) is 0.657. The first-order chi connectivity index (χ1) is 12.6. The van der Waals surface area contributed by atoms with Gasteiger partial charge in [-0.05, 0) is 37.1 Å². The monoisotopic (exact) mass is 361 g/mol. The molecule has 0 aliphatic carbocycles. The third-order valence-electron chi connectivity index (χ3n) is 4.29. The molecule has 1 aromatic carbocycles. The van der Waals surface area contributed by atoms with E-state index in [1.54, 1.807) is 17.0 Å². The van der Waals surface area contributed by atoms with Crippen LogP contribution in [0.5, 0.6) is 0 Å². The predicted molar refractivity (Wildman–Crippen MR) is 90.3 cm³/mol. The van der Waals surface area contributed by atoms with E-state index in [0.717, 1.165) is 12.8 Å². The van der Waals surface area contributed by atoms with Crippen molar-refractivity contribution in [2.75, 3.05) is 26.2 Å². The SMILES string of the molecule is NCC(=O)NCC(=O)N1CCCC(c2nc(-c3ccc(F)cc3)no2)C1. The molecule has 0 saturated carbocycles. The number of benzene rings is 1. The molecular formula is C17H20FN5O3. The number of carbonyl (C=O) groups excluding carboxylic acids is 2. The maximum atomic E-state index is 13.0. The van der Waals surface area contributed by atoms with E-state index in [1.165, 1.54) is 12.1 Å². The summed E-state index contributed by atoms with van der Waals surface area (Å²) < 4.78 is 18.4. The van der Waals surface area contributed by atoms with Crippen molar-refractivity contribution >= 4 is 11.8 Å². The van der Waals surface area contributed by atoms with Crippen LogP contribution in [0.25, 0.3) is 11.4 Å². The molecule has 3 N–H and O–H groups in total. The fraction of sp³-hybridized carbons (Fsp3) is 0.412. The van der Waals surface area contributed by atoms with Gasteiger partial charge >= 0.3 is 0 Å². The van der Waals surface area contributed by atoms with Gasteiger partial charge in [-0.3, -0.25) is 9.59 Å². The van der Waals surface area contributed by atoms with Crippen LogP contribution in [-0.2, 0) is 9.59 Å². The van der Waals surface area contributed by atoms with Crippen molar-refractivity contribution in [3.8, 4) is 11.4 Å². The topological polar surface area (TPSA) is 114 Å². The minimum absolute atomic E-state index is 0.0698. The molecule has 2 amide bonds. The fourth-order valence-electron chi connectivity index (χ4n) is 2.88. The van der Waals surface area contributed by atoms with Gasteiger partial charge in [-0.1, -0.05) is 5.16 Å². The smallest absolute Gasteiger partial charge is 0.241 e. The van der Waals surface area contributed by atoms with E-state index < -0.39 is 0 Å². The molecule has 0 spiro atoms. The van der Waals surface area contributed by atoms with Crippen LogP contribution in [0.15, 0.2) is 28.8 Å². The Balaban J connectivity index is 1.63. The number of amides is 2. The molecule has 1 unspecified atom stereocenters. The molecule has 26 heavy (non-hydrogen) atoms. The second kappa shape index (κ2) is 8.05. The Hall–Kier alpha value is -2.81. The maximum absolute atomic E-state index is 13.0. The standard InChI is InChI=1S/C17H20FN5O3/c18-13-5-3-11(4-6-13)16-21-17(26-22-16)12-2-1-7-23(10-12)15(25)9-20-14(24)8-19/h3-6,12H,1-2,7-10,19H2,(H,20,24). The Bertz CT molecular complexity index is 777. The summed E-state index contributed by atoms with van der Waals surface area (Å²) in [5.74, 6) is -0.103. The Morgan fingerprint density at radius 3 is 2.85 bits per heavy atom. The molecule has 0 bridgehead atoms. The molecule has 1 atom stereocenters. The van der Waals surface area contributed by atoms with Crippen LogP contribution in [0, 0.1) is 5.82 Å². The number of nitrogens with two attached hydrogens (primary N) is 1. The molecule has 1 fully saturated rings. The van der Waals surface area contributed by atoms with E-state index in [0.29, 0.717) is 30.4 Å². The number of likely N-dealkylation sites (tertiary alicyclic amines) is 1. The van der Waals surface area contributed by atoms with E-state index in [4.69, 9.17) is 10.3 Å². The fourth-order valence-corrected chi connectivity index (χ4v) is 2.88. The lowest BCUT2D eigenvalue weighted by Crippen LogP contribution is -2.45. The van der Waals surface area contributed by atoms with Gasteiger partial charge in [0.2, 0.25) is 23.5 Å². The molecule has 1 aliphatic rings. The first-order valence-electron chi connectivity index (χ1n) is 8.41. The minimum Gasteiger partial charge on any atom is -0.346 e. The van der Waals surface area contributed by atoms with Gasteiger partial charge in [0.1, 0.15) is 5.82 Å². The number of halogens is 1. The zero-order valence-electron chi connectivity index (χ0n) is 14.2. The van der Waals surface area contributed by atoms with Gasteiger partial charge in [-0.25, -0.2) is 4.39 Å². The normalized spacial score (nSPS) is 17.2. The number of aromatic nitrogens is 2. The highest BCUT2D eigenvalue weighted by Gasteiger charge is 2.28. The lowest BCUT2D eigenvalue weighted by Gasteiger charge is -2.31. The van der Waals surface area contributed by atoms with Gasteiger partial charge in [0.05, 0.1) is 19.0 Å². The van der Waals surface area contributed by atoms with E-state index >= 15 is 0 Å². The highest BCUT2D eigenvalue weighted by Crippen LogP contribution is 2.27. The molecule has 2 heterocycles. The second-order valence-corrected chi connectivity index (χ2v) is 6.12. The molecule has 2 aromatic rings. The number of carbonyl (C=O) groups is 2.